The molecule has 0 saturated carbocycles. The Labute approximate surface area is 115 Å². The molecule has 3 unspecified atom stereocenters. The van der Waals surface area contributed by atoms with E-state index in [0.717, 1.165) is 6.54 Å². The van der Waals surface area contributed by atoms with Gasteiger partial charge in [-0.1, -0.05) is 28.1 Å². The van der Waals surface area contributed by atoms with E-state index in [9.17, 15) is 0 Å². The molecule has 1 aliphatic rings. The number of nitrogens with zero attached hydrogens (tertiary/aromatic N) is 1. The maximum atomic E-state index is 6.19. The molecular formula is C11H17Br2N3. The van der Waals surface area contributed by atoms with Gasteiger partial charge in [-0.2, -0.15) is 0 Å². The Balaban J connectivity index is 0.00000128. The Kier molecular flexibility index (Phi) is 4.79. The molecule has 2 rings (SSSR count). The number of quaternary nitrogens is 1. The van der Waals surface area contributed by atoms with Gasteiger partial charge in [0, 0.05) is 13.1 Å². The van der Waals surface area contributed by atoms with E-state index in [2.05, 4.69) is 59.1 Å². The molecule has 16 heavy (non-hydrogen) atoms. The van der Waals surface area contributed by atoms with Crippen LogP contribution in [0, 0.1) is 0 Å². The Morgan fingerprint density at radius 2 is 2.12 bits per heavy atom. The van der Waals surface area contributed by atoms with E-state index in [4.69, 9.17) is 5.73 Å². The summed E-state index contributed by atoms with van der Waals surface area (Å²) < 4.78 is 0. The number of anilines is 1. The van der Waals surface area contributed by atoms with Crippen molar-refractivity contribution in [1.82, 2.24) is 0 Å². The largest absolute Gasteiger partial charge is 1.00 e. The lowest BCUT2D eigenvalue weighted by molar-refractivity contribution is -0.852. The van der Waals surface area contributed by atoms with Gasteiger partial charge in [0.1, 0.15) is 5.69 Å². The van der Waals surface area contributed by atoms with Crippen LogP contribution in [0.5, 0.6) is 0 Å². The fourth-order valence-corrected chi connectivity index (χ4v) is 2.48. The minimum Gasteiger partial charge on any atom is -1.00 e. The maximum Gasteiger partial charge on any atom is 0.223 e. The first-order valence-electron chi connectivity index (χ1n) is 5.19. The first kappa shape index (κ1) is 14.0. The standard InChI is InChI=1S/C11H16BrN3.BrH/c1-8(12)7-15-10-6-4-3-5-9(10)14(2)11(15)13;/h3-6,8,11H,7,13H2,1-2H3;1H. The molecule has 3 N–H and O–H groups in total. The van der Waals surface area contributed by atoms with Gasteiger partial charge in [-0.3, -0.25) is 10.6 Å². The summed E-state index contributed by atoms with van der Waals surface area (Å²) in [6.45, 7) is 3.16. The van der Waals surface area contributed by atoms with Gasteiger partial charge in [-0.05, 0) is 13.0 Å². The van der Waals surface area contributed by atoms with Crippen molar-refractivity contribution in [3.63, 3.8) is 0 Å². The van der Waals surface area contributed by atoms with E-state index in [0.29, 0.717) is 4.83 Å². The molecule has 3 atom stereocenters. The lowest BCUT2D eigenvalue weighted by Gasteiger charge is -2.22. The fraction of sp³-hybridized carbons (Fsp3) is 0.455. The number of halogens is 2. The second-order valence-electron chi connectivity index (χ2n) is 4.08. The van der Waals surface area contributed by atoms with Crippen LogP contribution in [0.4, 0.5) is 11.4 Å². The summed E-state index contributed by atoms with van der Waals surface area (Å²) >= 11 is 3.59. The molecule has 1 aromatic carbocycles. The van der Waals surface area contributed by atoms with Gasteiger partial charge >= 0.3 is 0 Å². The molecule has 0 bridgehead atoms. The van der Waals surface area contributed by atoms with Crippen molar-refractivity contribution in [2.24, 2.45) is 5.73 Å². The second kappa shape index (κ2) is 5.49. The number of nitrogens with one attached hydrogen (secondary N) is 1. The molecule has 0 aliphatic carbocycles. The Bertz CT molecular complexity index is 357. The molecule has 0 saturated heterocycles. The maximum absolute atomic E-state index is 6.19. The number of alkyl halides is 1. The van der Waals surface area contributed by atoms with Crippen LogP contribution in [0.15, 0.2) is 24.3 Å². The zero-order valence-corrected chi connectivity index (χ0v) is 12.6. The third-order valence-electron chi connectivity index (χ3n) is 2.91. The third-order valence-corrected chi connectivity index (χ3v) is 3.23. The Hall–Kier alpha value is -0.100. The quantitative estimate of drug-likeness (QED) is 0.587. The van der Waals surface area contributed by atoms with Crippen LogP contribution in [-0.4, -0.2) is 24.7 Å². The topological polar surface area (TPSA) is 33.7 Å². The van der Waals surface area contributed by atoms with Crippen molar-refractivity contribution in [2.45, 2.75) is 18.0 Å². The number of hydrogen-bond acceptors (Lipinski definition) is 2. The average molecular weight is 351 g/mol. The molecule has 1 aliphatic heterocycles. The predicted molar refractivity (Wildman–Crippen MR) is 66.7 cm³/mol. The van der Waals surface area contributed by atoms with Gasteiger partial charge in [0.2, 0.25) is 6.29 Å². The molecule has 0 spiro atoms. The van der Waals surface area contributed by atoms with Crippen LogP contribution in [0.3, 0.4) is 0 Å². The summed E-state index contributed by atoms with van der Waals surface area (Å²) in [5, 5.41) is 0. The van der Waals surface area contributed by atoms with E-state index < -0.39 is 0 Å². The van der Waals surface area contributed by atoms with Crippen LogP contribution < -0.4 is 32.5 Å². The smallest absolute Gasteiger partial charge is 0.223 e. The zero-order chi connectivity index (χ0) is 11.0. The number of fused-ring (bicyclic) bond motifs is 1. The number of para-hydroxylation sites is 2. The normalized spacial score (nSPS) is 24.9. The lowest BCUT2D eigenvalue weighted by Crippen LogP contribution is -3.14. The van der Waals surface area contributed by atoms with Crippen LogP contribution in [0.1, 0.15) is 6.92 Å². The van der Waals surface area contributed by atoms with E-state index >= 15 is 0 Å². The summed E-state index contributed by atoms with van der Waals surface area (Å²) in [5.41, 5.74) is 8.74. The van der Waals surface area contributed by atoms with Crippen molar-refractivity contribution in [2.75, 3.05) is 18.5 Å². The van der Waals surface area contributed by atoms with Crippen LogP contribution in [0.25, 0.3) is 0 Å². The van der Waals surface area contributed by atoms with E-state index in [-0.39, 0.29) is 23.3 Å². The van der Waals surface area contributed by atoms with Crippen molar-refractivity contribution in [1.29, 1.82) is 0 Å². The average Bonchev–Trinajstić information content (AvgIpc) is 2.44. The summed E-state index contributed by atoms with van der Waals surface area (Å²) in [5.74, 6) is 0. The van der Waals surface area contributed by atoms with Crippen LogP contribution >= 0.6 is 15.9 Å². The lowest BCUT2D eigenvalue weighted by atomic mass is 10.2. The second-order valence-corrected chi connectivity index (χ2v) is 5.65. The van der Waals surface area contributed by atoms with Gasteiger partial charge in [-0.25, -0.2) is 0 Å². The van der Waals surface area contributed by atoms with Gasteiger partial charge in [0.25, 0.3) is 0 Å². The molecule has 0 fully saturated rings. The van der Waals surface area contributed by atoms with Crippen molar-refractivity contribution in [3.8, 4) is 0 Å². The monoisotopic (exact) mass is 349 g/mol. The Morgan fingerprint density at radius 1 is 1.50 bits per heavy atom. The number of benzene rings is 1. The zero-order valence-electron chi connectivity index (χ0n) is 9.45. The highest BCUT2D eigenvalue weighted by molar-refractivity contribution is 9.09. The van der Waals surface area contributed by atoms with Gasteiger partial charge in [-0.15, -0.1) is 0 Å². The number of hydrogen-bond donors (Lipinski definition) is 2. The van der Waals surface area contributed by atoms with E-state index in [1.165, 1.54) is 16.3 Å². The van der Waals surface area contributed by atoms with Crippen molar-refractivity contribution >= 4 is 27.3 Å². The number of nitrogens with two attached hydrogens (primary N) is 1. The highest BCUT2D eigenvalue weighted by atomic mass is 79.9. The molecule has 0 amide bonds. The third kappa shape index (κ3) is 2.42. The van der Waals surface area contributed by atoms with Crippen molar-refractivity contribution in [3.05, 3.63) is 24.3 Å². The predicted octanol–water partition coefficient (Wildman–Crippen LogP) is -2.32. The molecule has 1 heterocycles. The molecular weight excluding hydrogens is 334 g/mol. The van der Waals surface area contributed by atoms with E-state index in [1.807, 2.05) is 0 Å². The molecule has 90 valence electrons. The molecule has 0 radical (unpaired) electrons. The SMILES string of the molecule is CC(Br)C[NH+]1c2ccccc2N(C)C1N.[Br-]. The molecule has 3 nitrogen and oxygen atoms in total. The Morgan fingerprint density at radius 3 is 2.75 bits per heavy atom. The first-order valence-corrected chi connectivity index (χ1v) is 6.10. The number of rotatable bonds is 2. The molecule has 5 heteroatoms. The molecule has 0 aromatic heterocycles. The van der Waals surface area contributed by atoms with Crippen LogP contribution in [0.2, 0.25) is 0 Å². The summed E-state index contributed by atoms with van der Waals surface area (Å²) in [6, 6.07) is 8.41. The van der Waals surface area contributed by atoms with Crippen molar-refractivity contribution < 1.29 is 21.9 Å². The minimum absolute atomic E-state index is 0. The van der Waals surface area contributed by atoms with E-state index in [1.54, 1.807) is 0 Å². The summed E-state index contributed by atoms with van der Waals surface area (Å²) in [4.78, 5) is 3.94. The molecule has 1 aromatic rings. The highest BCUT2D eigenvalue weighted by Gasteiger charge is 2.36. The fourth-order valence-electron chi connectivity index (χ4n) is 2.13. The summed E-state index contributed by atoms with van der Waals surface area (Å²) in [7, 11) is 2.05. The van der Waals surface area contributed by atoms with Gasteiger partial charge < -0.3 is 21.9 Å². The highest BCUT2D eigenvalue weighted by Crippen LogP contribution is 2.26. The van der Waals surface area contributed by atoms with Crippen LogP contribution in [-0.2, 0) is 0 Å². The van der Waals surface area contributed by atoms with Gasteiger partial charge in [0.15, 0.2) is 5.69 Å². The summed E-state index contributed by atoms with van der Waals surface area (Å²) in [6.07, 6.45) is 0.0300. The minimum atomic E-state index is 0. The van der Waals surface area contributed by atoms with Gasteiger partial charge in [0.05, 0.1) is 11.4 Å². The first-order chi connectivity index (χ1) is 7.11.